The summed E-state index contributed by atoms with van der Waals surface area (Å²) in [5.41, 5.74) is 13.0. The lowest BCUT2D eigenvalue weighted by molar-refractivity contribution is 0.801. The number of hydrogen-bond acceptors (Lipinski definition) is 5. The largest absolute Gasteiger partial charge is 0.396 e. The minimum atomic E-state index is -0.392. The summed E-state index contributed by atoms with van der Waals surface area (Å²) >= 11 is 0. The molecule has 0 bridgehead atoms. The number of nitrogens with two attached hydrogens (primary N) is 2. The minimum Gasteiger partial charge on any atom is -0.396 e. The monoisotopic (exact) mass is 220 g/mol. The van der Waals surface area contributed by atoms with E-state index in [9.17, 15) is 4.79 Å². The zero-order chi connectivity index (χ0) is 11.9. The minimum absolute atomic E-state index is 0.0214. The fraction of sp³-hybridized carbons (Fsp3) is 0.222. The number of aromatic nitrogens is 4. The van der Waals surface area contributed by atoms with Gasteiger partial charge in [-0.1, -0.05) is 0 Å². The lowest BCUT2D eigenvalue weighted by atomic mass is 10.3. The van der Waals surface area contributed by atoms with Gasteiger partial charge in [-0.3, -0.25) is 4.79 Å². The second-order valence-corrected chi connectivity index (χ2v) is 3.47. The fourth-order valence-electron chi connectivity index (χ4n) is 1.43. The predicted molar refractivity (Wildman–Crippen MR) is 60.3 cm³/mol. The van der Waals surface area contributed by atoms with Crippen LogP contribution in [-0.4, -0.2) is 19.7 Å². The van der Waals surface area contributed by atoms with E-state index < -0.39 is 5.56 Å². The summed E-state index contributed by atoms with van der Waals surface area (Å²) in [6.07, 6.45) is 1.28. The van der Waals surface area contributed by atoms with Crippen LogP contribution in [0.5, 0.6) is 0 Å². The number of nitrogens with one attached hydrogen (secondary N) is 1. The van der Waals surface area contributed by atoms with Crippen molar-refractivity contribution in [1.29, 1.82) is 0 Å². The van der Waals surface area contributed by atoms with Gasteiger partial charge in [-0.05, 0) is 13.8 Å². The number of anilines is 2. The van der Waals surface area contributed by atoms with Crippen molar-refractivity contribution in [3.05, 3.63) is 28.1 Å². The van der Waals surface area contributed by atoms with E-state index in [2.05, 4.69) is 15.1 Å². The summed E-state index contributed by atoms with van der Waals surface area (Å²) in [5, 5.41) is 4.18. The van der Waals surface area contributed by atoms with E-state index in [4.69, 9.17) is 11.5 Å². The lowest BCUT2D eigenvalue weighted by Crippen LogP contribution is -2.17. The molecule has 2 rings (SSSR count). The molecule has 0 aliphatic heterocycles. The van der Waals surface area contributed by atoms with Crippen LogP contribution in [0.1, 0.15) is 11.4 Å². The second-order valence-electron chi connectivity index (χ2n) is 3.47. The van der Waals surface area contributed by atoms with Gasteiger partial charge in [0.1, 0.15) is 5.69 Å². The first kappa shape index (κ1) is 10.2. The molecule has 0 amide bonds. The summed E-state index contributed by atoms with van der Waals surface area (Å²) in [4.78, 5) is 17.7. The van der Waals surface area contributed by atoms with Crippen molar-refractivity contribution in [2.24, 2.45) is 0 Å². The second kappa shape index (κ2) is 3.37. The SMILES string of the molecule is Cc1nn(-c2nc[nH]c(=O)c2N)c(C)c1N. The number of nitrogen functional groups attached to an aromatic ring is 2. The van der Waals surface area contributed by atoms with E-state index in [0.29, 0.717) is 22.9 Å². The Bertz CT molecular complexity index is 597. The number of aryl methyl sites for hydroxylation is 1. The van der Waals surface area contributed by atoms with Crippen molar-refractivity contribution in [2.45, 2.75) is 13.8 Å². The molecule has 7 heteroatoms. The number of aromatic amines is 1. The molecule has 0 aliphatic carbocycles. The fourth-order valence-corrected chi connectivity index (χ4v) is 1.43. The maximum absolute atomic E-state index is 11.3. The molecule has 0 spiro atoms. The van der Waals surface area contributed by atoms with Gasteiger partial charge in [-0.2, -0.15) is 5.10 Å². The van der Waals surface area contributed by atoms with Crippen LogP contribution >= 0.6 is 0 Å². The van der Waals surface area contributed by atoms with Crippen molar-refractivity contribution in [1.82, 2.24) is 19.7 Å². The van der Waals surface area contributed by atoms with Gasteiger partial charge in [0.2, 0.25) is 0 Å². The van der Waals surface area contributed by atoms with Gasteiger partial charge >= 0.3 is 0 Å². The Balaban J connectivity index is 2.73. The molecule has 7 nitrogen and oxygen atoms in total. The molecule has 16 heavy (non-hydrogen) atoms. The van der Waals surface area contributed by atoms with Crippen LogP contribution < -0.4 is 17.0 Å². The Morgan fingerprint density at radius 3 is 2.56 bits per heavy atom. The Kier molecular flexibility index (Phi) is 2.15. The Morgan fingerprint density at radius 2 is 2.00 bits per heavy atom. The van der Waals surface area contributed by atoms with Crippen LogP contribution in [0, 0.1) is 13.8 Å². The smallest absolute Gasteiger partial charge is 0.276 e. The van der Waals surface area contributed by atoms with Crippen molar-refractivity contribution in [2.75, 3.05) is 11.5 Å². The normalized spacial score (nSPS) is 10.6. The van der Waals surface area contributed by atoms with Gasteiger partial charge in [0.15, 0.2) is 5.82 Å². The lowest BCUT2D eigenvalue weighted by Gasteiger charge is -2.04. The molecular formula is C9H12N6O. The van der Waals surface area contributed by atoms with Gasteiger partial charge in [-0.15, -0.1) is 0 Å². The van der Waals surface area contributed by atoms with Gasteiger partial charge < -0.3 is 16.5 Å². The molecule has 0 saturated heterocycles. The van der Waals surface area contributed by atoms with E-state index in [-0.39, 0.29) is 5.69 Å². The van der Waals surface area contributed by atoms with Crippen LogP contribution in [-0.2, 0) is 0 Å². The van der Waals surface area contributed by atoms with E-state index in [0.717, 1.165) is 0 Å². The first-order valence-corrected chi connectivity index (χ1v) is 4.67. The zero-order valence-corrected chi connectivity index (χ0v) is 8.98. The van der Waals surface area contributed by atoms with Crippen LogP contribution in [0.15, 0.2) is 11.1 Å². The highest BCUT2D eigenvalue weighted by Crippen LogP contribution is 2.19. The van der Waals surface area contributed by atoms with Crippen LogP contribution in [0.4, 0.5) is 11.4 Å². The number of H-pyrrole nitrogens is 1. The summed E-state index contributed by atoms with van der Waals surface area (Å²) in [7, 11) is 0. The van der Waals surface area contributed by atoms with Crippen molar-refractivity contribution < 1.29 is 0 Å². The quantitative estimate of drug-likeness (QED) is 0.612. The highest BCUT2D eigenvalue weighted by atomic mass is 16.1. The molecule has 2 aromatic heterocycles. The maximum Gasteiger partial charge on any atom is 0.276 e. The zero-order valence-electron chi connectivity index (χ0n) is 8.98. The van der Waals surface area contributed by atoms with Gasteiger partial charge in [-0.25, -0.2) is 9.67 Å². The molecule has 0 radical (unpaired) electrons. The molecule has 84 valence electrons. The van der Waals surface area contributed by atoms with Crippen molar-refractivity contribution in [3.8, 4) is 5.82 Å². The molecule has 0 saturated carbocycles. The third-order valence-electron chi connectivity index (χ3n) is 2.42. The Morgan fingerprint density at radius 1 is 1.31 bits per heavy atom. The van der Waals surface area contributed by atoms with Crippen LogP contribution in [0.2, 0.25) is 0 Å². The van der Waals surface area contributed by atoms with Crippen LogP contribution in [0.25, 0.3) is 5.82 Å². The standard InChI is InChI=1S/C9H12N6O/c1-4-6(10)5(2)15(14-4)8-7(11)9(16)13-3-12-8/h3H,10-11H2,1-2H3,(H,12,13,16). The summed E-state index contributed by atoms with van der Waals surface area (Å²) in [5.74, 6) is 0.293. The average molecular weight is 220 g/mol. The third kappa shape index (κ3) is 1.33. The van der Waals surface area contributed by atoms with Gasteiger partial charge in [0.05, 0.1) is 23.4 Å². The average Bonchev–Trinajstić information content (AvgIpc) is 2.50. The van der Waals surface area contributed by atoms with Crippen LogP contribution in [0.3, 0.4) is 0 Å². The molecule has 0 aliphatic rings. The predicted octanol–water partition coefficient (Wildman–Crippen LogP) is -0.263. The number of nitrogens with zero attached hydrogens (tertiary/aromatic N) is 3. The number of rotatable bonds is 1. The van der Waals surface area contributed by atoms with E-state index >= 15 is 0 Å². The molecule has 0 aromatic carbocycles. The summed E-state index contributed by atoms with van der Waals surface area (Å²) in [6.45, 7) is 3.57. The van der Waals surface area contributed by atoms with E-state index in [1.807, 2.05) is 0 Å². The molecule has 5 N–H and O–H groups in total. The molecule has 2 aromatic rings. The molecule has 0 atom stereocenters. The maximum atomic E-state index is 11.3. The topological polar surface area (TPSA) is 116 Å². The van der Waals surface area contributed by atoms with E-state index in [1.54, 1.807) is 13.8 Å². The van der Waals surface area contributed by atoms with Crippen molar-refractivity contribution >= 4 is 11.4 Å². The molecule has 2 heterocycles. The molecule has 0 unspecified atom stereocenters. The Hall–Kier alpha value is -2.31. The highest BCUT2D eigenvalue weighted by molar-refractivity contribution is 5.55. The molecular weight excluding hydrogens is 208 g/mol. The Labute approximate surface area is 91.1 Å². The number of hydrogen-bond donors (Lipinski definition) is 3. The third-order valence-corrected chi connectivity index (χ3v) is 2.42. The summed E-state index contributed by atoms with van der Waals surface area (Å²) < 4.78 is 1.47. The first-order chi connectivity index (χ1) is 7.52. The highest BCUT2D eigenvalue weighted by Gasteiger charge is 2.14. The molecule has 0 fully saturated rings. The van der Waals surface area contributed by atoms with Gasteiger partial charge in [0, 0.05) is 0 Å². The summed E-state index contributed by atoms with van der Waals surface area (Å²) in [6, 6.07) is 0. The van der Waals surface area contributed by atoms with Gasteiger partial charge in [0.25, 0.3) is 5.56 Å². The first-order valence-electron chi connectivity index (χ1n) is 4.67. The van der Waals surface area contributed by atoms with E-state index in [1.165, 1.54) is 11.0 Å². The van der Waals surface area contributed by atoms with Crippen molar-refractivity contribution in [3.63, 3.8) is 0 Å².